The van der Waals surface area contributed by atoms with Crippen molar-refractivity contribution in [3.8, 4) is 0 Å². The van der Waals surface area contributed by atoms with Crippen LogP contribution in [0, 0.1) is 0 Å². The molecule has 1 aromatic carbocycles. The second-order valence-electron chi connectivity index (χ2n) is 5.48. The third-order valence-electron chi connectivity index (χ3n) is 4.17. The van der Waals surface area contributed by atoms with Gasteiger partial charge in [0.2, 0.25) is 5.91 Å². The highest BCUT2D eigenvalue weighted by Crippen LogP contribution is 2.36. The first kappa shape index (κ1) is 16.8. The summed E-state index contributed by atoms with van der Waals surface area (Å²) in [5.41, 5.74) is 0.0208. The second kappa shape index (κ2) is 7.11. The van der Waals surface area contributed by atoms with Crippen molar-refractivity contribution < 1.29 is 19.4 Å². The van der Waals surface area contributed by atoms with Gasteiger partial charge in [-0.25, -0.2) is 4.79 Å². The molecule has 120 valence electrons. The highest BCUT2D eigenvalue weighted by molar-refractivity contribution is 6.30. The predicted octanol–water partition coefficient (Wildman–Crippen LogP) is 2.37. The maximum absolute atomic E-state index is 12.8. The van der Waals surface area contributed by atoms with Gasteiger partial charge in [-0.3, -0.25) is 4.79 Å². The van der Waals surface area contributed by atoms with E-state index >= 15 is 0 Å². The molecular formula is C16H20ClNO4. The zero-order valence-corrected chi connectivity index (χ0v) is 13.2. The first-order valence-electron chi connectivity index (χ1n) is 7.37. The lowest BCUT2D eigenvalue weighted by Crippen LogP contribution is -2.52. The average molecular weight is 326 g/mol. The molecule has 1 fully saturated rings. The number of nitrogens with one attached hydrogen (secondary N) is 1. The van der Waals surface area contributed by atoms with Crippen LogP contribution in [-0.2, 0) is 19.7 Å². The number of hydrogen-bond acceptors (Lipinski definition) is 3. The number of rotatable bonds is 5. The quantitative estimate of drug-likeness (QED) is 0.871. The molecule has 22 heavy (non-hydrogen) atoms. The summed E-state index contributed by atoms with van der Waals surface area (Å²) in [6, 6.07) is 6.30. The molecule has 5 nitrogen and oxygen atoms in total. The lowest BCUT2D eigenvalue weighted by molar-refractivity contribution is -0.143. The van der Waals surface area contributed by atoms with Crippen LogP contribution in [0.2, 0.25) is 5.02 Å². The van der Waals surface area contributed by atoms with Crippen LogP contribution in [0.3, 0.4) is 0 Å². The van der Waals surface area contributed by atoms with E-state index in [1.807, 2.05) is 6.07 Å². The standard InChI is InChI=1S/C16H20ClNO4/c1-2-13(14(19)20)18-15(21)16(6-8-22-9-7-16)11-4-3-5-12(17)10-11/h3-5,10,13H,2,6-9H2,1H3,(H,18,21)(H,19,20). The zero-order chi connectivity index (χ0) is 16.2. The summed E-state index contributed by atoms with van der Waals surface area (Å²) in [4.78, 5) is 24.0. The number of carbonyl (C=O) groups is 2. The van der Waals surface area contributed by atoms with Crippen molar-refractivity contribution >= 4 is 23.5 Å². The normalized spacial score (nSPS) is 18.5. The van der Waals surface area contributed by atoms with Crippen LogP contribution in [0.4, 0.5) is 0 Å². The van der Waals surface area contributed by atoms with Gasteiger partial charge in [-0.05, 0) is 37.0 Å². The van der Waals surface area contributed by atoms with Gasteiger partial charge in [0, 0.05) is 18.2 Å². The summed E-state index contributed by atoms with van der Waals surface area (Å²) in [5, 5.41) is 12.4. The molecule has 0 aromatic heterocycles. The Morgan fingerprint density at radius 3 is 2.64 bits per heavy atom. The van der Waals surface area contributed by atoms with Gasteiger partial charge < -0.3 is 15.2 Å². The molecule has 2 rings (SSSR count). The summed E-state index contributed by atoms with van der Waals surface area (Å²) < 4.78 is 5.38. The average Bonchev–Trinajstić information content (AvgIpc) is 2.52. The number of carboxylic acids is 1. The minimum absolute atomic E-state index is 0.271. The maximum atomic E-state index is 12.8. The Hall–Kier alpha value is -1.59. The largest absolute Gasteiger partial charge is 0.480 e. The van der Waals surface area contributed by atoms with Gasteiger partial charge >= 0.3 is 5.97 Å². The minimum atomic E-state index is -1.02. The molecule has 2 N–H and O–H groups in total. The van der Waals surface area contributed by atoms with E-state index in [0.29, 0.717) is 37.5 Å². The van der Waals surface area contributed by atoms with E-state index in [0.717, 1.165) is 5.56 Å². The molecule has 1 unspecified atom stereocenters. The molecule has 0 spiro atoms. The van der Waals surface area contributed by atoms with E-state index in [-0.39, 0.29) is 5.91 Å². The van der Waals surface area contributed by atoms with Crippen LogP contribution < -0.4 is 5.32 Å². The van der Waals surface area contributed by atoms with Crippen LogP contribution in [0.5, 0.6) is 0 Å². The van der Waals surface area contributed by atoms with Crippen molar-refractivity contribution in [2.24, 2.45) is 0 Å². The smallest absolute Gasteiger partial charge is 0.326 e. The lowest BCUT2D eigenvalue weighted by Gasteiger charge is -2.37. The van der Waals surface area contributed by atoms with E-state index in [2.05, 4.69) is 5.32 Å². The fraction of sp³-hybridized carbons (Fsp3) is 0.500. The van der Waals surface area contributed by atoms with Crippen molar-refractivity contribution in [3.05, 3.63) is 34.9 Å². The summed E-state index contributed by atoms with van der Waals surface area (Å²) in [6.45, 7) is 2.66. The minimum Gasteiger partial charge on any atom is -0.480 e. The monoisotopic (exact) mass is 325 g/mol. The number of aliphatic carboxylic acids is 1. The summed E-state index contributed by atoms with van der Waals surface area (Å²) >= 11 is 6.06. The number of hydrogen-bond donors (Lipinski definition) is 2. The van der Waals surface area contributed by atoms with Crippen molar-refractivity contribution in [3.63, 3.8) is 0 Å². The van der Waals surface area contributed by atoms with Crippen molar-refractivity contribution in [1.82, 2.24) is 5.32 Å². The van der Waals surface area contributed by atoms with Gasteiger partial charge in [-0.15, -0.1) is 0 Å². The first-order valence-corrected chi connectivity index (χ1v) is 7.75. The Labute approximate surface area is 134 Å². The molecule has 6 heteroatoms. The van der Waals surface area contributed by atoms with Crippen LogP contribution in [0.1, 0.15) is 31.7 Å². The molecule has 0 aliphatic carbocycles. The number of carboxylic acid groups (broad SMARTS) is 1. The molecule has 1 saturated heterocycles. The Balaban J connectivity index is 2.33. The Kier molecular flexibility index (Phi) is 5.42. The summed E-state index contributed by atoms with van der Waals surface area (Å²) in [7, 11) is 0. The lowest BCUT2D eigenvalue weighted by atomic mass is 9.73. The van der Waals surface area contributed by atoms with E-state index in [1.165, 1.54) is 0 Å². The SMILES string of the molecule is CCC(NC(=O)C1(c2cccc(Cl)c2)CCOCC1)C(=O)O. The predicted molar refractivity (Wildman–Crippen MR) is 83.0 cm³/mol. The Morgan fingerprint density at radius 2 is 2.09 bits per heavy atom. The number of benzene rings is 1. The van der Waals surface area contributed by atoms with Crippen LogP contribution in [-0.4, -0.2) is 36.2 Å². The molecule has 1 atom stereocenters. The van der Waals surface area contributed by atoms with Gasteiger partial charge in [0.25, 0.3) is 0 Å². The fourth-order valence-corrected chi connectivity index (χ4v) is 2.98. The zero-order valence-electron chi connectivity index (χ0n) is 12.5. The molecular weight excluding hydrogens is 306 g/mol. The van der Waals surface area contributed by atoms with E-state index in [4.69, 9.17) is 21.4 Å². The molecule has 1 aliphatic rings. The number of carbonyl (C=O) groups excluding carboxylic acids is 1. The molecule has 0 saturated carbocycles. The molecule has 1 amide bonds. The third kappa shape index (κ3) is 3.42. The number of halogens is 1. The van der Waals surface area contributed by atoms with Gasteiger partial charge in [0.05, 0.1) is 5.41 Å². The Morgan fingerprint density at radius 1 is 1.41 bits per heavy atom. The molecule has 1 heterocycles. The van der Waals surface area contributed by atoms with Gasteiger partial charge in [-0.2, -0.15) is 0 Å². The van der Waals surface area contributed by atoms with Gasteiger partial charge in [0.15, 0.2) is 0 Å². The summed E-state index contributed by atoms with van der Waals surface area (Å²) in [6.07, 6.45) is 1.35. The first-order chi connectivity index (χ1) is 10.5. The highest BCUT2D eigenvalue weighted by Gasteiger charge is 2.42. The van der Waals surface area contributed by atoms with Crippen LogP contribution in [0.25, 0.3) is 0 Å². The van der Waals surface area contributed by atoms with E-state index in [1.54, 1.807) is 25.1 Å². The highest BCUT2D eigenvalue weighted by atomic mass is 35.5. The second-order valence-corrected chi connectivity index (χ2v) is 5.91. The van der Waals surface area contributed by atoms with Gasteiger partial charge in [0.1, 0.15) is 6.04 Å². The van der Waals surface area contributed by atoms with Crippen LogP contribution >= 0.6 is 11.6 Å². The van der Waals surface area contributed by atoms with E-state index in [9.17, 15) is 9.59 Å². The topological polar surface area (TPSA) is 75.6 Å². The third-order valence-corrected chi connectivity index (χ3v) is 4.40. The molecule has 1 aromatic rings. The molecule has 0 radical (unpaired) electrons. The number of ether oxygens (including phenoxy) is 1. The van der Waals surface area contributed by atoms with Gasteiger partial charge in [-0.1, -0.05) is 30.7 Å². The van der Waals surface area contributed by atoms with Crippen molar-refractivity contribution in [2.75, 3.05) is 13.2 Å². The molecule has 1 aliphatic heterocycles. The van der Waals surface area contributed by atoms with E-state index < -0.39 is 17.4 Å². The maximum Gasteiger partial charge on any atom is 0.326 e. The van der Waals surface area contributed by atoms with Crippen molar-refractivity contribution in [1.29, 1.82) is 0 Å². The molecule has 0 bridgehead atoms. The Bertz CT molecular complexity index is 555. The van der Waals surface area contributed by atoms with Crippen molar-refractivity contribution in [2.45, 2.75) is 37.6 Å². The fourth-order valence-electron chi connectivity index (χ4n) is 2.79. The number of amides is 1. The summed E-state index contributed by atoms with van der Waals surface area (Å²) in [5.74, 6) is -1.29. The van der Waals surface area contributed by atoms with Crippen LogP contribution in [0.15, 0.2) is 24.3 Å².